The predicted molar refractivity (Wildman–Crippen MR) is 73.9 cm³/mol. The highest BCUT2D eigenvalue weighted by Crippen LogP contribution is 2.26. The molecule has 18 heavy (non-hydrogen) atoms. The van der Waals surface area contributed by atoms with Gasteiger partial charge in [-0.2, -0.15) is 0 Å². The lowest BCUT2D eigenvalue weighted by atomic mass is 10.3. The Labute approximate surface area is 118 Å². The quantitative estimate of drug-likeness (QED) is 0.919. The lowest BCUT2D eigenvalue weighted by Gasteiger charge is -2.07. The molecule has 1 aromatic heterocycles. The van der Waals surface area contributed by atoms with Gasteiger partial charge in [-0.3, -0.25) is 9.78 Å². The van der Waals surface area contributed by atoms with Crippen molar-refractivity contribution in [3.63, 3.8) is 0 Å². The smallest absolute Gasteiger partial charge is 0.275 e. The van der Waals surface area contributed by atoms with Crippen LogP contribution >= 0.6 is 27.5 Å². The Hall–Kier alpha value is -1.46. The molecule has 0 aliphatic rings. The number of aromatic nitrogens is 2. The molecule has 6 heteroatoms. The number of halogens is 2. The summed E-state index contributed by atoms with van der Waals surface area (Å²) in [4.78, 5) is 19.9. The maximum atomic E-state index is 11.9. The zero-order valence-corrected chi connectivity index (χ0v) is 11.8. The number of carbonyl (C=O) groups is 1. The van der Waals surface area contributed by atoms with Crippen LogP contribution in [0.3, 0.4) is 0 Å². The van der Waals surface area contributed by atoms with E-state index >= 15 is 0 Å². The van der Waals surface area contributed by atoms with Gasteiger partial charge in [0, 0.05) is 15.7 Å². The number of benzene rings is 1. The Morgan fingerprint density at radius 1 is 1.33 bits per heavy atom. The molecule has 1 amide bonds. The van der Waals surface area contributed by atoms with E-state index in [9.17, 15) is 4.79 Å². The Balaban J connectivity index is 2.21. The first-order chi connectivity index (χ1) is 8.56. The highest BCUT2D eigenvalue weighted by atomic mass is 79.9. The summed E-state index contributed by atoms with van der Waals surface area (Å²) in [6.45, 7) is 1.81. The third kappa shape index (κ3) is 3.05. The average molecular weight is 327 g/mol. The van der Waals surface area contributed by atoms with Crippen molar-refractivity contribution in [2.24, 2.45) is 0 Å². The molecule has 0 unspecified atom stereocenters. The molecule has 1 aromatic carbocycles. The van der Waals surface area contributed by atoms with Gasteiger partial charge in [-0.05, 0) is 41.1 Å². The second kappa shape index (κ2) is 5.46. The van der Waals surface area contributed by atoms with Gasteiger partial charge < -0.3 is 5.32 Å². The average Bonchev–Trinajstić information content (AvgIpc) is 2.34. The van der Waals surface area contributed by atoms with Crippen molar-refractivity contribution < 1.29 is 4.79 Å². The zero-order valence-electron chi connectivity index (χ0n) is 9.45. The SMILES string of the molecule is Cc1cnc(C(=O)Nc2cc(Cl)ccc2Br)cn1. The Bertz CT molecular complexity index is 586. The molecular weight excluding hydrogens is 318 g/mol. The van der Waals surface area contributed by atoms with Crippen LogP contribution in [0.25, 0.3) is 0 Å². The van der Waals surface area contributed by atoms with Gasteiger partial charge in [-0.15, -0.1) is 0 Å². The first-order valence-electron chi connectivity index (χ1n) is 5.11. The molecule has 0 bridgehead atoms. The molecule has 1 heterocycles. The second-order valence-corrected chi connectivity index (χ2v) is 4.91. The minimum Gasteiger partial charge on any atom is -0.320 e. The van der Waals surface area contributed by atoms with Gasteiger partial charge in [-0.25, -0.2) is 4.98 Å². The number of amides is 1. The number of carbonyl (C=O) groups excluding carboxylic acids is 1. The topological polar surface area (TPSA) is 54.9 Å². The summed E-state index contributed by atoms with van der Waals surface area (Å²) < 4.78 is 0.750. The van der Waals surface area contributed by atoms with E-state index in [1.165, 1.54) is 6.20 Å². The minimum absolute atomic E-state index is 0.257. The van der Waals surface area contributed by atoms with E-state index in [1.807, 2.05) is 6.92 Å². The molecule has 4 nitrogen and oxygen atoms in total. The largest absolute Gasteiger partial charge is 0.320 e. The van der Waals surface area contributed by atoms with Crippen LogP contribution in [0.15, 0.2) is 35.1 Å². The lowest BCUT2D eigenvalue weighted by molar-refractivity contribution is 0.102. The summed E-state index contributed by atoms with van der Waals surface area (Å²) in [7, 11) is 0. The van der Waals surface area contributed by atoms with Crippen LogP contribution in [0.4, 0.5) is 5.69 Å². The van der Waals surface area contributed by atoms with Crippen molar-refractivity contribution in [3.8, 4) is 0 Å². The normalized spacial score (nSPS) is 10.2. The van der Waals surface area contributed by atoms with Gasteiger partial charge in [0.1, 0.15) is 5.69 Å². The van der Waals surface area contributed by atoms with E-state index in [4.69, 9.17) is 11.6 Å². The van der Waals surface area contributed by atoms with Crippen LogP contribution in [-0.4, -0.2) is 15.9 Å². The summed E-state index contributed by atoms with van der Waals surface area (Å²) in [5, 5.41) is 3.26. The number of anilines is 1. The molecule has 1 N–H and O–H groups in total. The summed E-state index contributed by atoms with van der Waals surface area (Å²) >= 11 is 9.20. The molecule has 0 spiro atoms. The molecule has 92 valence electrons. The van der Waals surface area contributed by atoms with E-state index in [1.54, 1.807) is 24.4 Å². The van der Waals surface area contributed by atoms with E-state index < -0.39 is 0 Å². The highest BCUT2D eigenvalue weighted by Gasteiger charge is 2.10. The summed E-state index contributed by atoms with van der Waals surface area (Å²) in [5.41, 5.74) is 1.61. The molecule has 0 saturated heterocycles. The molecule has 2 aromatic rings. The maximum absolute atomic E-state index is 11.9. The standard InChI is InChI=1S/C12H9BrClN3O/c1-7-5-16-11(6-15-7)12(18)17-10-4-8(14)2-3-9(10)13/h2-6H,1H3,(H,17,18). The number of hydrogen-bond acceptors (Lipinski definition) is 3. The van der Waals surface area contributed by atoms with Crippen molar-refractivity contribution in [2.75, 3.05) is 5.32 Å². The molecule has 0 aliphatic carbocycles. The van der Waals surface area contributed by atoms with Gasteiger partial charge in [0.15, 0.2) is 0 Å². The van der Waals surface area contributed by atoms with Crippen LogP contribution < -0.4 is 5.32 Å². The van der Waals surface area contributed by atoms with Crippen LogP contribution in [-0.2, 0) is 0 Å². The molecule has 0 fully saturated rings. The monoisotopic (exact) mass is 325 g/mol. The number of aryl methyl sites for hydroxylation is 1. The first kappa shape index (κ1) is 13.0. The lowest BCUT2D eigenvalue weighted by Crippen LogP contribution is -2.14. The minimum atomic E-state index is -0.328. The fraction of sp³-hybridized carbons (Fsp3) is 0.0833. The van der Waals surface area contributed by atoms with E-state index in [0.29, 0.717) is 10.7 Å². The fourth-order valence-corrected chi connectivity index (χ4v) is 1.81. The van der Waals surface area contributed by atoms with Crippen molar-refractivity contribution in [2.45, 2.75) is 6.92 Å². The van der Waals surface area contributed by atoms with E-state index in [2.05, 4.69) is 31.2 Å². The molecule has 0 radical (unpaired) electrons. The van der Waals surface area contributed by atoms with Gasteiger partial charge in [-0.1, -0.05) is 11.6 Å². The van der Waals surface area contributed by atoms with E-state index in [-0.39, 0.29) is 11.6 Å². The molecule has 2 rings (SSSR count). The number of nitrogens with zero attached hydrogens (tertiary/aromatic N) is 2. The second-order valence-electron chi connectivity index (χ2n) is 3.62. The van der Waals surface area contributed by atoms with Gasteiger partial charge in [0.25, 0.3) is 5.91 Å². The molecule has 0 aliphatic heterocycles. The summed E-state index contributed by atoms with van der Waals surface area (Å²) in [5.74, 6) is -0.328. The number of hydrogen-bond donors (Lipinski definition) is 1. The van der Waals surface area contributed by atoms with Crippen molar-refractivity contribution in [1.29, 1.82) is 0 Å². The predicted octanol–water partition coefficient (Wildman–Crippen LogP) is 3.45. The maximum Gasteiger partial charge on any atom is 0.275 e. The van der Waals surface area contributed by atoms with Crippen LogP contribution in [0.5, 0.6) is 0 Å². The fourth-order valence-electron chi connectivity index (χ4n) is 1.29. The van der Waals surface area contributed by atoms with Crippen molar-refractivity contribution >= 4 is 39.1 Å². The Morgan fingerprint density at radius 3 is 2.78 bits per heavy atom. The van der Waals surface area contributed by atoms with E-state index in [0.717, 1.165) is 10.2 Å². The van der Waals surface area contributed by atoms with Crippen molar-refractivity contribution in [1.82, 2.24) is 9.97 Å². The molecule has 0 saturated carbocycles. The third-order valence-electron chi connectivity index (χ3n) is 2.19. The summed E-state index contributed by atoms with van der Waals surface area (Å²) in [6, 6.07) is 5.15. The highest BCUT2D eigenvalue weighted by molar-refractivity contribution is 9.10. The Kier molecular flexibility index (Phi) is 3.93. The van der Waals surface area contributed by atoms with Crippen molar-refractivity contribution in [3.05, 3.63) is 51.5 Å². The molecular formula is C12H9BrClN3O. The van der Waals surface area contributed by atoms with Gasteiger partial charge in [0.05, 0.1) is 17.6 Å². The van der Waals surface area contributed by atoms with Crippen LogP contribution in [0, 0.1) is 6.92 Å². The van der Waals surface area contributed by atoms with Gasteiger partial charge in [0.2, 0.25) is 0 Å². The first-order valence-corrected chi connectivity index (χ1v) is 6.28. The number of rotatable bonds is 2. The summed E-state index contributed by atoms with van der Waals surface area (Å²) in [6.07, 6.45) is 2.98. The van der Waals surface area contributed by atoms with Gasteiger partial charge >= 0.3 is 0 Å². The van der Waals surface area contributed by atoms with Crippen LogP contribution in [0.2, 0.25) is 5.02 Å². The Morgan fingerprint density at radius 2 is 2.11 bits per heavy atom. The zero-order chi connectivity index (χ0) is 13.1. The molecule has 0 atom stereocenters. The van der Waals surface area contributed by atoms with Crippen LogP contribution in [0.1, 0.15) is 16.2 Å². The number of nitrogens with one attached hydrogen (secondary N) is 1. The third-order valence-corrected chi connectivity index (χ3v) is 3.12.